The van der Waals surface area contributed by atoms with Crippen molar-refractivity contribution in [3.63, 3.8) is 0 Å². The Morgan fingerprint density at radius 2 is 1.96 bits per heavy atom. The third-order valence-electron chi connectivity index (χ3n) is 4.19. The molecule has 3 aromatic rings. The van der Waals surface area contributed by atoms with Gasteiger partial charge in [-0.2, -0.15) is 0 Å². The highest BCUT2D eigenvalue weighted by Crippen LogP contribution is 2.29. The van der Waals surface area contributed by atoms with Crippen LogP contribution in [0, 0.1) is 5.92 Å². The Hall–Kier alpha value is -1.94. The first-order valence-corrected chi connectivity index (χ1v) is 8.53. The molecule has 0 radical (unpaired) electrons. The van der Waals surface area contributed by atoms with Gasteiger partial charge in [-0.25, -0.2) is 4.98 Å². The number of hydrogen-bond acceptors (Lipinski definition) is 3. The number of nitrogens with zero attached hydrogens (tertiary/aromatic N) is 3. The molecular formula is C19H25N3O. The Balaban J connectivity index is 2.21. The maximum absolute atomic E-state index is 10.6. The van der Waals surface area contributed by atoms with Crippen LogP contribution in [0.1, 0.15) is 52.0 Å². The van der Waals surface area contributed by atoms with Gasteiger partial charge in [-0.1, -0.05) is 51.8 Å². The van der Waals surface area contributed by atoms with Crippen molar-refractivity contribution in [1.82, 2.24) is 14.5 Å². The molecule has 2 heterocycles. The molecule has 0 aliphatic carbocycles. The predicted octanol–water partition coefficient (Wildman–Crippen LogP) is 4.46. The topological polar surface area (TPSA) is 50.9 Å². The first kappa shape index (κ1) is 15.9. The number of hydrogen-bond donors (Lipinski definition) is 1. The van der Waals surface area contributed by atoms with E-state index in [9.17, 15) is 5.11 Å². The summed E-state index contributed by atoms with van der Waals surface area (Å²) in [6.45, 7) is 7.37. The highest BCUT2D eigenvalue weighted by molar-refractivity contribution is 6.02. The monoisotopic (exact) mass is 311 g/mol. The minimum Gasteiger partial charge on any atom is -0.385 e. The van der Waals surface area contributed by atoms with Gasteiger partial charge in [-0.3, -0.25) is 4.98 Å². The molecule has 2 aromatic heterocycles. The normalized spacial score (nSPS) is 13.3. The third kappa shape index (κ3) is 3.08. The molecule has 4 heteroatoms. The van der Waals surface area contributed by atoms with E-state index in [0.29, 0.717) is 5.92 Å². The van der Waals surface area contributed by atoms with Gasteiger partial charge in [0.15, 0.2) is 0 Å². The van der Waals surface area contributed by atoms with Gasteiger partial charge < -0.3 is 9.67 Å². The van der Waals surface area contributed by atoms with Crippen LogP contribution < -0.4 is 0 Å². The second-order valence-electron chi connectivity index (χ2n) is 6.64. The Kier molecular flexibility index (Phi) is 4.62. The van der Waals surface area contributed by atoms with E-state index in [1.807, 2.05) is 24.4 Å². The van der Waals surface area contributed by atoms with Crippen molar-refractivity contribution in [3.8, 4) is 0 Å². The Morgan fingerprint density at radius 1 is 1.17 bits per heavy atom. The number of pyridine rings is 1. The maximum atomic E-state index is 10.6. The fourth-order valence-corrected chi connectivity index (χ4v) is 3.11. The lowest BCUT2D eigenvalue weighted by atomic mass is 10.1. The summed E-state index contributed by atoms with van der Waals surface area (Å²) in [6, 6.07) is 8.14. The Bertz CT molecular complexity index is 807. The zero-order chi connectivity index (χ0) is 16.4. The second kappa shape index (κ2) is 6.67. The summed E-state index contributed by atoms with van der Waals surface area (Å²) in [5.41, 5.74) is 2.93. The molecule has 1 unspecified atom stereocenters. The van der Waals surface area contributed by atoms with Gasteiger partial charge in [0.1, 0.15) is 17.4 Å². The molecule has 0 aliphatic heterocycles. The number of rotatable bonds is 6. The quantitative estimate of drug-likeness (QED) is 0.731. The highest BCUT2D eigenvalue weighted by atomic mass is 16.3. The van der Waals surface area contributed by atoms with Crippen LogP contribution in [0.2, 0.25) is 0 Å². The van der Waals surface area contributed by atoms with E-state index in [1.165, 1.54) is 0 Å². The summed E-state index contributed by atoms with van der Waals surface area (Å²) in [4.78, 5) is 9.23. The maximum Gasteiger partial charge on any atom is 0.138 e. The number of aliphatic hydroxyl groups excluding tert-OH is 1. The van der Waals surface area contributed by atoms with Gasteiger partial charge in [0.2, 0.25) is 0 Å². The average Bonchev–Trinajstić information content (AvgIpc) is 2.91. The molecule has 0 saturated heterocycles. The standard InChI is InChI=1S/C19H25N3O/c1-4-5-10-17(23)19-21-16-11-20-15-9-7-6-8-14(15)18(16)22(19)12-13(2)3/h6-9,11,13,17,23H,4-5,10,12H2,1-3H3. The van der Waals surface area contributed by atoms with Gasteiger partial charge in [-0.15, -0.1) is 0 Å². The van der Waals surface area contributed by atoms with Crippen LogP contribution in [0.4, 0.5) is 0 Å². The molecule has 0 saturated carbocycles. The first-order chi connectivity index (χ1) is 11.1. The van der Waals surface area contributed by atoms with Crippen LogP contribution in [-0.4, -0.2) is 19.6 Å². The van der Waals surface area contributed by atoms with Crippen LogP contribution in [0.5, 0.6) is 0 Å². The zero-order valence-corrected chi connectivity index (χ0v) is 14.2. The van der Waals surface area contributed by atoms with Gasteiger partial charge >= 0.3 is 0 Å². The minimum atomic E-state index is -0.514. The molecule has 1 aromatic carbocycles. The molecule has 0 spiro atoms. The van der Waals surface area contributed by atoms with Crippen molar-refractivity contribution >= 4 is 21.9 Å². The van der Waals surface area contributed by atoms with Crippen molar-refractivity contribution in [2.24, 2.45) is 5.92 Å². The van der Waals surface area contributed by atoms with E-state index < -0.39 is 6.10 Å². The molecule has 3 rings (SSSR count). The number of para-hydroxylation sites is 1. The van der Waals surface area contributed by atoms with Gasteiger partial charge in [-0.05, 0) is 18.4 Å². The van der Waals surface area contributed by atoms with Crippen LogP contribution in [-0.2, 0) is 6.54 Å². The van der Waals surface area contributed by atoms with Crippen molar-refractivity contribution in [2.45, 2.75) is 52.7 Å². The number of unbranched alkanes of at least 4 members (excludes halogenated alkanes) is 1. The molecule has 0 amide bonds. The Morgan fingerprint density at radius 3 is 2.70 bits per heavy atom. The van der Waals surface area contributed by atoms with Gasteiger partial charge in [0.25, 0.3) is 0 Å². The smallest absolute Gasteiger partial charge is 0.138 e. The summed E-state index contributed by atoms with van der Waals surface area (Å²) < 4.78 is 2.20. The predicted molar refractivity (Wildman–Crippen MR) is 94.4 cm³/mol. The van der Waals surface area contributed by atoms with Crippen LogP contribution in [0.15, 0.2) is 30.5 Å². The lowest BCUT2D eigenvalue weighted by molar-refractivity contribution is 0.149. The fourth-order valence-electron chi connectivity index (χ4n) is 3.11. The van der Waals surface area contributed by atoms with E-state index in [0.717, 1.165) is 53.6 Å². The van der Waals surface area contributed by atoms with E-state index in [2.05, 4.69) is 36.4 Å². The molecule has 1 atom stereocenters. The molecule has 122 valence electrons. The molecule has 0 fully saturated rings. The SMILES string of the molecule is CCCCC(O)c1nc2cnc3ccccc3c2n1CC(C)C. The van der Waals surface area contributed by atoms with E-state index >= 15 is 0 Å². The molecule has 23 heavy (non-hydrogen) atoms. The Labute approximate surface area is 137 Å². The van der Waals surface area contributed by atoms with Crippen molar-refractivity contribution in [1.29, 1.82) is 0 Å². The number of imidazole rings is 1. The summed E-state index contributed by atoms with van der Waals surface area (Å²) in [5.74, 6) is 1.26. The summed E-state index contributed by atoms with van der Waals surface area (Å²) in [5, 5.41) is 11.7. The van der Waals surface area contributed by atoms with Crippen LogP contribution in [0.25, 0.3) is 21.9 Å². The number of aliphatic hydroxyl groups is 1. The van der Waals surface area contributed by atoms with Crippen molar-refractivity contribution in [3.05, 3.63) is 36.3 Å². The molecule has 4 nitrogen and oxygen atoms in total. The summed E-state index contributed by atoms with van der Waals surface area (Å²) >= 11 is 0. The zero-order valence-electron chi connectivity index (χ0n) is 14.2. The average molecular weight is 311 g/mol. The van der Waals surface area contributed by atoms with E-state index in [1.54, 1.807) is 0 Å². The number of aromatic nitrogens is 3. The van der Waals surface area contributed by atoms with Crippen molar-refractivity contribution in [2.75, 3.05) is 0 Å². The van der Waals surface area contributed by atoms with Gasteiger partial charge in [0.05, 0.1) is 17.2 Å². The molecule has 1 N–H and O–H groups in total. The summed E-state index contributed by atoms with van der Waals surface area (Å²) in [6.07, 6.45) is 4.14. The second-order valence-corrected chi connectivity index (χ2v) is 6.64. The number of fused-ring (bicyclic) bond motifs is 3. The number of benzene rings is 1. The minimum absolute atomic E-state index is 0.483. The van der Waals surface area contributed by atoms with E-state index in [4.69, 9.17) is 4.98 Å². The largest absolute Gasteiger partial charge is 0.385 e. The fraction of sp³-hybridized carbons (Fsp3) is 0.474. The first-order valence-electron chi connectivity index (χ1n) is 8.53. The van der Waals surface area contributed by atoms with E-state index in [-0.39, 0.29) is 0 Å². The van der Waals surface area contributed by atoms with Crippen LogP contribution >= 0.6 is 0 Å². The molecule has 0 bridgehead atoms. The third-order valence-corrected chi connectivity index (χ3v) is 4.19. The highest BCUT2D eigenvalue weighted by Gasteiger charge is 2.20. The summed E-state index contributed by atoms with van der Waals surface area (Å²) in [7, 11) is 0. The van der Waals surface area contributed by atoms with Gasteiger partial charge in [0, 0.05) is 11.9 Å². The van der Waals surface area contributed by atoms with Crippen molar-refractivity contribution < 1.29 is 5.11 Å². The lowest BCUT2D eigenvalue weighted by Gasteiger charge is -2.16. The molecular weight excluding hydrogens is 286 g/mol. The lowest BCUT2D eigenvalue weighted by Crippen LogP contribution is -2.12. The van der Waals surface area contributed by atoms with Crippen LogP contribution in [0.3, 0.4) is 0 Å². The molecule has 0 aliphatic rings.